The van der Waals surface area contributed by atoms with Crippen LogP contribution in [0.1, 0.15) is 20.7 Å². The smallest absolute Gasteiger partial charge is 0.252 e. The molecule has 4 N–H and O–H groups in total. The van der Waals surface area contributed by atoms with Gasteiger partial charge in [-0.3, -0.25) is 9.59 Å². The number of phenols is 2. The molecule has 32 heavy (non-hydrogen) atoms. The summed E-state index contributed by atoms with van der Waals surface area (Å²) < 4.78 is 0. The van der Waals surface area contributed by atoms with E-state index in [-0.39, 0.29) is 36.4 Å². The first kappa shape index (κ1) is 20.8. The van der Waals surface area contributed by atoms with E-state index in [0.717, 1.165) is 10.8 Å². The van der Waals surface area contributed by atoms with Crippen LogP contribution >= 0.6 is 0 Å². The van der Waals surface area contributed by atoms with E-state index in [0.29, 0.717) is 21.9 Å². The Kier molecular flexibility index (Phi) is 5.91. The van der Waals surface area contributed by atoms with Gasteiger partial charge in [0.1, 0.15) is 11.5 Å². The molecule has 2 amide bonds. The van der Waals surface area contributed by atoms with Crippen molar-refractivity contribution >= 4 is 33.4 Å². The maximum atomic E-state index is 12.3. The molecule has 6 nitrogen and oxygen atoms in total. The van der Waals surface area contributed by atoms with Crippen LogP contribution in [0, 0.1) is 11.8 Å². The van der Waals surface area contributed by atoms with Gasteiger partial charge in [0, 0.05) is 21.9 Å². The normalized spacial score (nSPS) is 10.4. The van der Waals surface area contributed by atoms with Gasteiger partial charge in [-0.25, -0.2) is 0 Å². The molecule has 0 saturated carbocycles. The monoisotopic (exact) mass is 424 g/mol. The predicted molar refractivity (Wildman–Crippen MR) is 124 cm³/mol. The van der Waals surface area contributed by atoms with Crippen LogP contribution in [0.2, 0.25) is 0 Å². The quantitative estimate of drug-likeness (QED) is 0.377. The zero-order chi connectivity index (χ0) is 22.5. The minimum atomic E-state index is -0.351. The Morgan fingerprint density at radius 2 is 1.06 bits per heavy atom. The second-order valence-corrected chi connectivity index (χ2v) is 7.15. The Morgan fingerprint density at radius 1 is 0.656 bits per heavy atom. The average Bonchev–Trinajstić information content (AvgIpc) is 2.81. The third-order valence-corrected chi connectivity index (χ3v) is 5.00. The molecule has 4 aromatic rings. The second-order valence-electron chi connectivity index (χ2n) is 7.15. The average molecular weight is 424 g/mol. The number of phenolic OH excluding ortho intramolecular Hbond substituents is 2. The number of carbonyl (C=O) groups is 2. The fraction of sp³-hybridized carbons (Fsp3) is 0.0769. The molecule has 0 aromatic heterocycles. The van der Waals surface area contributed by atoms with E-state index in [9.17, 15) is 19.8 Å². The van der Waals surface area contributed by atoms with Crippen molar-refractivity contribution in [1.29, 1.82) is 0 Å². The number of hydrogen-bond donors (Lipinski definition) is 4. The lowest BCUT2D eigenvalue weighted by molar-refractivity contribution is 0.0949. The Balaban J connectivity index is 1.31. The van der Waals surface area contributed by atoms with Crippen LogP contribution in [0.3, 0.4) is 0 Å². The van der Waals surface area contributed by atoms with Crippen molar-refractivity contribution in [3.63, 3.8) is 0 Å². The van der Waals surface area contributed by atoms with Crippen LogP contribution in [0.15, 0.2) is 72.8 Å². The van der Waals surface area contributed by atoms with Gasteiger partial charge < -0.3 is 20.8 Å². The third kappa shape index (κ3) is 4.47. The number of hydrogen-bond acceptors (Lipinski definition) is 4. The highest BCUT2D eigenvalue weighted by atomic mass is 16.3. The maximum Gasteiger partial charge on any atom is 0.252 e. The summed E-state index contributed by atoms with van der Waals surface area (Å²) in [5.41, 5.74) is 0.680. The van der Waals surface area contributed by atoms with E-state index in [1.54, 1.807) is 24.3 Å². The molecule has 0 heterocycles. The van der Waals surface area contributed by atoms with Gasteiger partial charge in [-0.2, -0.15) is 0 Å². The van der Waals surface area contributed by atoms with E-state index >= 15 is 0 Å². The topological polar surface area (TPSA) is 98.7 Å². The molecule has 4 rings (SSSR count). The van der Waals surface area contributed by atoms with E-state index < -0.39 is 0 Å². The van der Waals surface area contributed by atoms with Gasteiger partial charge in [0.05, 0.1) is 13.1 Å². The largest absolute Gasteiger partial charge is 0.507 e. The highest BCUT2D eigenvalue weighted by Gasteiger charge is 2.10. The molecule has 0 radical (unpaired) electrons. The Hall–Kier alpha value is -4.50. The predicted octanol–water partition coefficient (Wildman–Crippen LogP) is 3.57. The van der Waals surface area contributed by atoms with Crippen molar-refractivity contribution in [2.75, 3.05) is 13.1 Å². The lowest BCUT2D eigenvalue weighted by atomic mass is 10.1. The number of rotatable bonds is 4. The van der Waals surface area contributed by atoms with E-state index in [1.165, 1.54) is 12.1 Å². The van der Waals surface area contributed by atoms with Crippen LogP contribution < -0.4 is 10.6 Å². The second kappa shape index (κ2) is 9.11. The standard InChI is InChI=1S/C26H20N2O4/c29-23-15-19(13-17-7-1-3-9-21(17)23)25(31)27-11-5-6-12-28-26(32)20-14-18-8-2-4-10-22(18)24(30)16-20/h1-4,7-10,13-16,29-30H,11-12H2,(H,27,31)(H,28,32). The minimum absolute atomic E-state index is 0.0433. The first-order valence-electron chi connectivity index (χ1n) is 9.98. The summed E-state index contributed by atoms with van der Waals surface area (Å²) in [5.74, 6) is 4.94. The molecule has 0 aliphatic rings. The maximum absolute atomic E-state index is 12.3. The number of nitrogens with one attached hydrogen (secondary N) is 2. The Labute approximate surface area is 184 Å². The van der Waals surface area contributed by atoms with Gasteiger partial charge in [-0.05, 0) is 35.0 Å². The van der Waals surface area contributed by atoms with Crippen molar-refractivity contribution in [3.8, 4) is 23.3 Å². The van der Waals surface area contributed by atoms with Crippen LogP contribution in [-0.4, -0.2) is 35.1 Å². The first-order valence-corrected chi connectivity index (χ1v) is 9.98. The zero-order valence-electron chi connectivity index (χ0n) is 17.1. The molecule has 0 saturated heterocycles. The van der Waals surface area contributed by atoms with E-state index in [2.05, 4.69) is 22.5 Å². The summed E-state index contributed by atoms with van der Waals surface area (Å²) in [5, 5.41) is 28.4. The lowest BCUT2D eigenvalue weighted by Crippen LogP contribution is -2.25. The Morgan fingerprint density at radius 3 is 1.50 bits per heavy atom. The SMILES string of the molecule is O=C(NCC#CCNC(=O)c1cc(O)c2ccccc2c1)c1cc(O)c2ccccc2c1. The van der Waals surface area contributed by atoms with Gasteiger partial charge in [0.15, 0.2) is 0 Å². The van der Waals surface area contributed by atoms with E-state index in [4.69, 9.17) is 0 Å². The van der Waals surface area contributed by atoms with Crippen LogP contribution in [-0.2, 0) is 0 Å². The first-order chi connectivity index (χ1) is 15.5. The van der Waals surface area contributed by atoms with Crippen molar-refractivity contribution in [2.24, 2.45) is 0 Å². The molecule has 0 spiro atoms. The van der Waals surface area contributed by atoms with Gasteiger partial charge >= 0.3 is 0 Å². The summed E-state index contributed by atoms with van der Waals surface area (Å²) in [7, 11) is 0. The summed E-state index contributed by atoms with van der Waals surface area (Å²) in [6, 6.07) is 20.8. The summed E-state index contributed by atoms with van der Waals surface area (Å²) in [6.45, 7) is 0.193. The fourth-order valence-electron chi connectivity index (χ4n) is 3.42. The van der Waals surface area contributed by atoms with Gasteiger partial charge in [0.25, 0.3) is 11.8 Å². The van der Waals surface area contributed by atoms with Crippen molar-refractivity contribution in [3.05, 3.63) is 83.9 Å². The molecule has 0 unspecified atom stereocenters. The molecule has 0 aliphatic heterocycles. The van der Waals surface area contributed by atoms with Crippen LogP contribution in [0.4, 0.5) is 0 Å². The van der Waals surface area contributed by atoms with Gasteiger partial charge in [0.2, 0.25) is 0 Å². The van der Waals surface area contributed by atoms with Crippen LogP contribution in [0.25, 0.3) is 21.5 Å². The summed E-state index contributed by atoms with van der Waals surface area (Å²) in [6.07, 6.45) is 0. The molecular weight excluding hydrogens is 404 g/mol. The molecule has 0 atom stereocenters. The summed E-state index contributed by atoms with van der Waals surface area (Å²) in [4.78, 5) is 24.6. The number of benzene rings is 4. The highest BCUT2D eigenvalue weighted by Crippen LogP contribution is 2.27. The number of aromatic hydroxyl groups is 2. The third-order valence-electron chi connectivity index (χ3n) is 5.00. The molecule has 158 valence electrons. The molecule has 0 fully saturated rings. The van der Waals surface area contributed by atoms with E-state index in [1.807, 2.05) is 36.4 Å². The zero-order valence-corrected chi connectivity index (χ0v) is 17.1. The van der Waals surface area contributed by atoms with Crippen molar-refractivity contribution in [1.82, 2.24) is 10.6 Å². The van der Waals surface area contributed by atoms with Crippen LogP contribution in [0.5, 0.6) is 11.5 Å². The number of amides is 2. The number of carbonyl (C=O) groups excluding carboxylic acids is 2. The Bertz CT molecular complexity index is 1290. The highest BCUT2D eigenvalue weighted by molar-refractivity contribution is 6.01. The van der Waals surface area contributed by atoms with Crippen molar-refractivity contribution in [2.45, 2.75) is 0 Å². The van der Waals surface area contributed by atoms with Gasteiger partial charge in [-0.1, -0.05) is 60.4 Å². The molecular formula is C26H20N2O4. The van der Waals surface area contributed by atoms with Crippen molar-refractivity contribution < 1.29 is 19.8 Å². The minimum Gasteiger partial charge on any atom is -0.507 e. The molecule has 4 aromatic carbocycles. The number of fused-ring (bicyclic) bond motifs is 2. The molecule has 0 bridgehead atoms. The molecule has 6 heteroatoms. The molecule has 0 aliphatic carbocycles. The summed E-state index contributed by atoms with van der Waals surface area (Å²) >= 11 is 0. The lowest BCUT2D eigenvalue weighted by Gasteiger charge is -2.06. The fourth-order valence-corrected chi connectivity index (χ4v) is 3.42. The van der Waals surface area contributed by atoms with Gasteiger partial charge in [-0.15, -0.1) is 0 Å².